The number of carbonyl (C=O) groups excluding carboxylic acids is 2. The van der Waals surface area contributed by atoms with Crippen LogP contribution in [0.15, 0.2) is 12.2 Å². The van der Waals surface area contributed by atoms with Crippen LogP contribution in [0.2, 0.25) is 0 Å². The molecule has 2 fully saturated rings. The molecule has 4 nitrogen and oxygen atoms in total. The van der Waals surface area contributed by atoms with Gasteiger partial charge in [0, 0.05) is 5.92 Å². The molecule has 4 atom stereocenters. The SMILES string of the molecule is CC/C=C\C1NC(=O)C2COC(C)CC2C1=O. The zero-order valence-electron chi connectivity index (χ0n) is 10.3. The minimum atomic E-state index is -0.436. The van der Waals surface area contributed by atoms with Crippen LogP contribution in [0.3, 0.4) is 0 Å². The van der Waals surface area contributed by atoms with Gasteiger partial charge in [-0.25, -0.2) is 0 Å². The number of fused-ring (bicyclic) bond motifs is 1. The topological polar surface area (TPSA) is 55.4 Å². The summed E-state index contributed by atoms with van der Waals surface area (Å²) < 4.78 is 5.45. The molecule has 0 radical (unpaired) electrons. The number of nitrogens with one attached hydrogen (secondary N) is 1. The van der Waals surface area contributed by atoms with E-state index in [1.54, 1.807) is 6.08 Å². The minimum Gasteiger partial charge on any atom is -0.378 e. The van der Waals surface area contributed by atoms with Gasteiger partial charge < -0.3 is 10.1 Å². The van der Waals surface area contributed by atoms with E-state index in [-0.39, 0.29) is 29.6 Å². The summed E-state index contributed by atoms with van der Waals surface area (Å²) in [5, 5.41) is 2.76. The molecule has 17 heavy (non-hydrogen) atoms. The van der Waals surface area contributed by atoms with Gasteiger partial charge in [-0.1, -0.05) is 19.1 Å². The van der Waals surface area contributed by atoms with Gasteiger partial charge in [-0.05, 0) is 19.8 Å². The maximum absolute atomic E-state index is 12.2. The first-order valence-electron chi connectivity index (χ1n) is 6.25. The second-order valence-electron chi connectivity index (χ2n) is 4.82. The molecule has 2 rings (SSSR count). The van der Waals surface area contributed by atoms with Crippen molar-refractivity contribution < 1.29 is 14.3 Å². The van der Waals surface area contributed by atoms with Gasteiger partial charge in [-0.2, -0.15) is 0 Å². The Balaban J connectivity index is 2.14. The van der Waals surface area contributed by atoms with Gasteiger partial charge in [-0.3, -0.25) is 9.59 Å². The number of rotatable bonds is 2. The van der Waals surface area contributed by atoms with Gasteiger partial charge in [0.15, 0.2) is 5.78 Å². The minimum absolute atomic E-state index is 0.0488. The van der Waals surface area contributed by atoms with Crippen molar-refractivity contribution >= 4 is 11.7 Å². The van der Waals surface area contributed by atoms with Crippen molar-refractivity contribution in [3.05, 3.63) is 12.2 Å². The van der Waals surface area contributed by atoms with Crippen LogP contribution < -0.4 is 5.32 Å². The lowest BCUT2D eigenvalue weighted by molar-refractivity contribution is -0.151. The van der Waals surface area contributed by atoms with Gasteiger partial charge in [-0.15, -0.1) is 0 Å². The van der Waals surface area contributed by atoms with E-state index >= 15 is 0 Å². The van der Waals surface area contributed by atoms with Crippen molar-refractivity contribution in [2.75, 3.05) is 6.61 Å². The molecule has 0 spiro atoms. The lowest BCUT2D eigenvalue weighted by Crippen LogP contribution is -2.57. The van der Waals surface area contributed by atoms with E-state index in [1.165, 1.54) is 0 Å². The molecule has 0 aromatic rings. The summed E-state index contributed by atoms with van der Waals surface area (Å²) >= 11 is 0. The first-order chi connectivity index (χ1) is 8.13. The average Bonchev–Trinajstić information content (AvgIpc) is 2.32. The number of ether oxygens (including phenoxy) is 1. The summed E-state index contributed by atoms with van der Waals surface area (Å²) in [7, 11) is 0. The number of allylic oxidation sites excluding steroid dienone is 1. The molecular formula is C13H19NO3. The normalized spacial score (nSPS) is 38.0. The summed E-state index contributed by atoms with van der Waals surface area (Å²) in [5.41, 5.74) is 0. The predicted molar refractivity (Wildman–Crippen MR) is 63.4 cm³/mol. The van der Waals surface area contributed by atoms with E-state index in [0.717, 1.165) is 6.42 Å². The van der Waals surface area contributed by atoms with E-state index < -0.39 is 6.04 Å². The van der Waals surface area contributed by atoms with E-state index in [4.69, 9.17) is 4.74 Å². The van der Waals surface area contributed by atoms with Gasteiger partial charge in [0.1, 0.15) is 6.04 Å². The molecular weight excluding hydrogens is 218 g/mol. The lowest BCUT2D eigenvalue weighted by atomic mass is 9.77. The average molecular weight is 237 g/mol. The molecule has 0 saturated carbocycles. The highest BCUT2D eigenvalue weighted by Gasteiger charge is 2.45. The maximum atomic E-state index is 12.2. The number of hydrogen-bond donors (Lipinski definition) is 1. The van der Waals surface area contributed by atoms with Crippen molar-refractivity contribution in [3.63, 3.8) is 0 Å². The van der Waals surface area contributed by atoms with E-state index in [0.29, 0.717) is 13.0 Å². The van der Waals surface area contributed by atoms with Crippen LogP contribution in [0.1, 0.15) is 26.7 Å². The Morgan fingerprint density at radius 1 is 1.41 bits per heavy atom. The van der Waals surface area contributed by atoms with Crippen molar-refractivity contribution in [1.29, 1.82) is 0 Å². The van der Waals surface area contributed by atoms with E-state index in [1.807, 2.05) is 19.9 Å². The Morgan fingerprint density at radius 2 is 2.18 bits per heavy atom. The number of Topliss-reactive ketones (excluding diaryl/α,β-unsaturated/α-hetero) is 1. The van der Waals surface area contributed by atoms with Crippen molar-refractivity contribution in [3.8, 4) is 0 Å². The Hall–Kier alpha value is -1.16. The number of amides is 1. The monoisotopic (exact) mass is 237 g/mol. The van der Waals surface area contributed by atoms with Crippen LogP contribution in [-0.4, -0.2) is 30.4 Å². The summed E-state index contributed by atoms with van der Waals surface area (Å²) in [4.78, 5) is 24.1. The van der Waals surface area contributed by atoms with Gasteiger partial charge >= 0.3 is 0 Å². The Bertz CT molecular complexity index is 351. The highest BCUT2D eigenvalue weighted by molar-refractivity contribution is 5.99. The highest BCUT2D eigenvalue weighted by atomic mass is 16.5. The third kappa shape index (κ3) is 2.41. The molecule has 4 heteroatoms. The molecule has 2 aliphatic rings. The lowest BCUT2D eigenvalue weighted by Gasteiger charge is -2.38. The van der Waals surface area contributed by atoms with Crippen molar-refractivity contribution in [2.45, 2.75) is 38.8 Å². The zero-order valence-corrected chi connectivity index (χ0v) is 10.3. The fraction of sp³-hybridized carbons (Fsp3) is 0.692. The quantitative estimate of drug-likeness (QED) is 0.731. The van der Waals surface area contributed by atoms with Gasteiger partial charge in [0.25, 0.3) is 0 Å². The molecule has 2 heterocycles. The van der Waals surface area contributed by atoms with E-state index in [9.17, 15) is 9.59 Å². The van der Waals surface area contributed by atoms with Crippen molar-refractivity contribution in [2.24, 2.45) is 11.8 Å². The Morgan fingerprint density at radius 3 is 2.88 bits per heavy atom. The summed E-state index contributed by atoms with van der Waals surface area (Å²) in [6.07, 6.45) is 5.32. The molecule has 94 valence electrons. The molecule has 0 bridgehead atoms. The fourth-order valence-corrected chi connectivity index (χ4v) is 2.52. The van der Waals surface area contributed by atoms with Gasteiger partial charge in [0.05, 0.1) is 18.6 Å². The second-order valence-corrected chi connectivity index (χ2v) is 4.82. The summed E-state index contributed by atoms with van der Waals surface area (Å²) in [6.45, 7) is 4.32. The molecule has 0 aromatic carbocycles. The predicted octanol–water partition coefficient (Wildman–Crippen LogP) is 1.06. The molecule has 2 saturated heterocycles. The number of hydrogen-bond acceptors (Lipinski definition) is 3. The Kier molecular flexibility index (Phi) is 3.62. The largest absolute Gasteiger partial charge is 0.378 e. The van der Waals surface area contributed by atoms with Crippen LogP contribution in [0.4, 0.5) is 0 Å². The molecule has 1 N–H and O–H groups in total. The third-order valence-corrected chi connectivity index (χ3v) is 3.50. The van der Waals surface area contributed by atoms with E-state index in [2.05, 4.69) is 5.32 Å². The molecule has 0 aliphatic carbocycles. The third-order valence-electron chi connectivity index (χ3n) is 3.50. The van der Waals surface area contributed by atoms with Crippen LogP contribution >= 0.6 is 0 Å². The fourth-order valence-electron chi connectivity index (χ4n) is 2.52. The zero-order chi connectivity index (χ0) is 12.4. The second kappa shape index (κ2) is 5.00. The molecule has 2 aliphatic heterocycles. The summed E-state index contributed by atoms with van der Waals surface area (Å²) in [5.74, 6) is -0.370. The smallest absolute Gasteiger partial charge is 0.227 e. The molecule has 1 amide bonds. The molecule has 0 aromatic heterocycles. The number of piperidine rings is 1. The van der Waals surface area contributed by atoms with Crippen LogP contribution in [-0.2, 0) is 14.3 Å². The van der Waals surface area contributed by atoms with Crippen LogP contribution in [0.5, 0.6) is 0 Å². The Labute approximate surface area is 101 Å². The standard InChI is InChI=1S/C13H19NO3/c1-3-4-5-11-12(15)9-6-8(2)17-7-10(9)13(16)14-11/h4-5,8-11H,3,6-7H2,1-2H3,(H,14,16)/b5-4-. The summed E-state index contributed by atoms with van der Waals surface area (Å²) in [6, 6.07) is -0.436. The van der Waals surface area contributed by atoms with Crippen LogP contribution in [0, 0.1) is 11.8 Å². The first kappa shape index (κ1) is 12.3. The number of ketones is 1. The highest BCUT2D eigenvalue weighted by Crippen LogP contribution is 2.30. The van der Waals surface area contributed by atoms with Crippen LogP contribution in [0.25, 0.3) is 0 Å². The molecule has 4 unspecified atom stereocenters. The number of carbonyl (C=O) groups is 2. The first-order valence-corrected chi connectivity index (χ1v) is 6.25. The maximum Gasteiger partial charge on any atom is 0.227 e. The van der Waals surface area contributed by atoms with Crippen molar-refractivity contribution in [1.82, 2.24) is 5.32 Å². The van der Waals surface area contributed by atoms with Gasteiger partial charge in [0.2, 0.25) is 5.91 Å².